The lowest BCUT2D eigenvalue weighted by Gasteiger charge is -2.35. The Kier molecular flexibility index (Phi) is 6.82. The van der Waals surface area contributed by atoms with E-state index in [-0.39, 0.29) is 24.5 Å². The van der Waals surface area contributed by atoms with E-state index in [1.54, 1.807) is 30.3 Å². The number of nitrogen functional groups attached to an aromatic ring is 1. The first-order chi connectivity index (χ1) is 17.8. The quantitative estimate of drug-likeness (QED) is 0.419. The van der Waals surface area contributed by atoms with Crippen LogP contribution in [0.3, 0.4) is 0 Å². The number of fused-ring (bicyclic) bond motifs is 1. The number of hydrogen-bond acceptors (Lipinski definition) is 4. The molecule has 0 aliphatic carbocycles. The standard InChI is InChI=1S/C29H28F3N3O2/c30-25-16-24(33)9-10-26(25)34-13-11-20(12-14-34)15-22-7-4-8-23-17-35(19-29(31,32)27(22)23)28(36)37-18-21-5-2-1-3-6-21/h1-10,15-16H,11-14,17-19,33H2. The zero-order chi connectivity index (χ0) is 26.0. The molecule has 0 unspecified atom stereocenters. The number of hydrogen-bond donors (Lipinski definition) is 1. The van der Waals surface area contributed by atoms with Crippen LogP contribution in [0.5, 0.6) is 0 Å². The van der Waals surface area contributed by atoms with E-state index in [1.165, 1.54) is 6.07 Å². The van der Waals surface area contributed by atoms with Gasteiger partial charge in [0.1, 0.15) is 12.4 Å². The molecule has 0 spiro atoms. The number of nitrogens with two attached hydrogens (primary N) is 1. The fraction of sp³-hybridized carbons (Fsp3) is 0.276. The number of halogens is 3. The maximum Gasteiger partial charge on any atom is 0.410 e. The Bertz CT molecular complexity index is 1320. The number of carbonyl (C=O) groups is 1. The van der Waals surface area contributed by atoms with Crippen LogP contribution in [0.25, 0.3) is 6.08 Å². The van der Waals surface area contributed by atoms with Gasteiger partial charge in [-0.1, -0.05) is 60.2 Å². The molecule has 37 heavy (non-hydrogen) atoms. The highest BCUT2D eigenvalue weighted by atomic mass is 19.3. The molecule has 2 aliphatic heterocycles. The molecule has 2 aliphatic rings. The van der Waals surface area contributed by atoms with Crippen LogP contribution in [-0.2, 0) is 23.8 Å². The number of ether oxygens (including phenoxy) is 1. The Morgan fingerprint density at radius 1 is 1.03 bits per heavy atom. The molecule has 2 heterocycles. The van der Waals surface area contributed by atoms with Gasteiger partial charge < -0.3 is 15.4 Å². The molecule has 0 radical (unpaired) electrons. The van der Waals surface area contributed by atoms with Crippen molar-refractivity contribution in [2.24, 2.45) is 0 Å². The molecule has 0 saturated carbocycles. The summed E-state index contributed by atoms with van der Waals surface area (Å²) in [5.74, 6) is -3.59. The van der Waals surface area contributed by atoms with Crippen molar-refractivity contribution in [2.45, 2.75) is 31.9 Å². The second kappa shape index (κ2) is 10.2. The lowest BCUT2D eigenvalue weighted by molar-refractivity contribution is -0.0505. The number of alkyl halides is 2. The molecule has 1 fully saturated rings. The minimum absolute atomic E-state index is 0.0258. The molecule has 1 saturated heterocycles. The number of benzene rings is 3. The Morgan fingerprint density at radius 3 is 2.51 bits per heavy atom. The summed E-state index contributed by atoms with van der Waals surface area (Å²) in [5.41, 5.74) is 9.16. The second-order valence-corrected chi connectivity index (χ2v) is 9.48. The molecule has 1 amide bonds. The second-order valence-electron chi connectivity index (χ2n) is 9.48. The van der Waals surface area contributed by atoms with E-state index in [4.69, 9.17) is 10.5 Å². The Hall–Kier alpha value is -3.94. The summed E-state index contributed by atoms with van der Waals surface area (Å²) in [5, 5.41) is 0. The van der Waals surface area contributed by atoms with Gasteiger partial charge in [0, 0.05) is 30.9 Å². The van der Waals surface area contributed by atoms with Gasteiger partial charge in [0.2, 0.25) is 0 Å². The average molecular weight is 508 g/mol. The largest absolute Gasteiger partial charge is 0.445 e. The van der Waals surface area contributed by atoms with Crippen molar-refractivity contribution in [3.63, 3.8) is 0 Å². The monoisotopic (exact) mass is 507 g/mol. The molecule has 0 aromatic heterocycles. The number of piperidine rings is 1. The molecule has 192 valence electrons. The highest BCUT2D eigenvalue weighted by molar-refractivity contribution is 5.70. The van der Waals surface area contributed by atoms with Crippen molar-refractivity contribution in [1.29, 1.82) is 0 Å². The van der Waals surface area contributed by atoms with Crippen LogP contribution in [0.2, 0.25) is 0 Å². The summed E-state index contributed by atoms with van der Waals surface area (Å²) in [6.07, 6.45) is 2.33. The third kappa shape index (κ3) is 5.43. The normalized spacial score (nSPS) is 16.8. The fourth-order valence-corrected chi connectivity index (χ4v) is 5.02. The van der Waals surface area contributed by atoms with Crippen molar-refractivity contribution < 1.29 is 22.7 Å². The van der Waals surface area contributed by atoms with Crippen molar-refractivity contribution in [1.82, 2.24) is 4.90 Å². The number of nitrogens with zero attached hydrogens (tertiary/aromatic N) is 2. The minimum atomic E-state index is -3.22. The average Bonchev–Trinajstić information content (AvgIpc) is 2.88. The summed E-state index contributed by atoms with van der Waals surface area (Å²) in [6.45, 7) is 0.508. The highest BCUT2D eigenvalue weighted by Gasteiger charge is 2.43. The Balaban J connectivity index is 1.29. The van der Waals surface area contributed by atoms with Crippen molar-refractivity contribution in [2.75, 3.05) is 30.3 Å². The topological polar surface area (TPSA) is 58.8 Å². The lowest BCUT2D eigenvalue weighted by atomic mass is 9.89. The van der Waals surface area contributed by atoms with E-state index in [0.717, 1.165) is 16.0 Å². The van der Waals surface area contributed by atoms with Crippen LogP contribution in [0.15, 0.2) is 72.3 Å². The fourth-order valence-electron chi connectivity index (χ4n) is 5.02. The van der Waals surface area contributed by atoms with Gasteiger partial charge in [-0.25, -0.2) is 9.18 Å². The summed E-state index contributed by atoms with van der Waals surface area (Å²) < 4.78 is 50.4. The van der Waals surface area contributed by atoms with Gasteiger partial charge >= 0.3 is 6.09 Å². The van der Waals surface area contributed by atoms with Gasteiger partial charge in [-0.15, -0.1) is 0 Å². The molecule has 5 rings (SSSR count). The van der Waals surface area contributed by atoms with Gasteiger partial charge in [-0.2, -0.15) is 8.78 Å². The molecule has 5 nitrogen and oxygen atoms in total. The molecular weight excluding hydrogens is 479 g/mol. The number of anilines is 2. The van der Waals surface area contributed by atoms with Crippen molar-refractivity contribution >= 4 is 23.5 Å². The first-order valence-electron chi connectivity index (χ1n) is 12.3. The van der Waals surface area contributed by atoms with E-state index >= 15 is 8.78 Å². The van der Waals surface area contributed by atoms with E-state index in [2.05, 4.69) is 0 Å². The van der Waals surface area contributed by atoms with Crippen LogP contribution in [0.4, 0.5) is 29.3 Å². The third-order valence-corrected chi connectivity index (χ3v) is 6.84. The summed E-state index contributed by atoms with van der Waals surface area (Å²) in [6, 6.07) is 18.8. The van der Waals surface area contributed by atoms with Crippen LogP contribution in [-0.4, -0.2) is 30.6 Å². The predicted molar refractivity (Wildman–Crippen MR) is 138 cm³/mol. The summed E-state index contributed by atoms with van der Waals surface area (Å²) in [4.78, 5) is 15.6. The molecule has 2 N–H and O–H groups in total. The Labute approximate surface area is 213 Å². The van der Waals surface area contributed by atoms with E-state index < -0.39 is 18.6 Å². The van der Waals surface area contributed by atoms with Gasteiger partial charge in [-0.05, 0) is 47.7 Å². The van der Waals surface area contributed by atoms with E-state index in [0.29, 0.717) is 48.4 Å². The van der Waals surface area contributed by atoms with Crippen LogP contribution in [0.1, 0.15) is 35.1 Å². The van der Waals surface area contributed by atoms with Gasteiger partial charge in [-0.3, -0.25) is 4.90 Å². The molecule has 0 bridgehead atoms. The van der Waals surface area contributed by atoms with Gasteiger partial charge in [0.25, 0.3) is 5.92 Å². The minimum Gasteiger partial charge on any atom is -0.445 e. The lowest BCUT2D eigenvalue weighted by Crippen LogP contribution is -2.44. The first kappa shape index (κ1) is 24.7. The van der Waals surface area contributed by atoms with Crippen LogP contribution < -0.4 is 10.6 Å². The summed E-state index contributed by atoms with van der Waals surface area (Å²) in [7, 11) is 0. The van der Waals surface area contributed by atoms with E-state index in [9.17, 15) is 9.18 Å². The summed E-state index contributed by atoms with van der Waals surface area (Å²) >= 11 is 0. The molecular formula is C29H28F3N3O2. The van der Waals surface area contributed by atoms with Crippen LogP contribution >= 0.6 is 0 Å². The number of carbonyl (C=O) groups excluding carboxylic acids is 1. The molecule has 3 aromatic carbocycles. The highest BCUT2D eigenvalue weighted by Crippen LogP contribution is 2.40. The van der Waals surface area contributed by atoms with Crippen molar-refractivity contribution in [3.05, 3.63) is 100 Å². The first-order valence-corrected chi connectivity index (χ1v) is 12.3. The van der Waals surface area contributed by atoms with Crippen LogP contribution in [0, 0.1) is 5.82 Å². The van der Waals surface area contributed by atoms with Gasteiger partial charge in [0.15, 0.2) is 0 Å². The zero-order valence-corrected chi connectivity index (χ0v) is 20.3. The molecule has 0 atom stereocenters. The predicted octanol–water partition coefficient (Wildman–Crippen LogP) is 6.34. The van der Waals surface area contributed by atoms with Gasteiger partial charge in [0.05, 0.1) is 12.2 Å². The molecule has 3 aromatic rings. The molecule has 8 heteroatoms. The Morgan fingerprint density at radius 2 is 1.78 bits per heavy atom. The zero-order valence-electron chi connectivity index (χ0n) is 20.3. The van der Waals surface area contributed by atoms with Crippen molar-refractivity contribution in [3.8, 4) is 0 Å². The maximum atomic E-state index is 15.4. The number of amides is 1. The van der Waals surface area contributed by atoms with E-state index in [1.807, 2.05) is 41.3 Å². The third-order valence-electron chi connectivity index (χ3n) is 6.84. The number of rotatable bonds is 4. The SMILES string of the molecule is Nc1ccc(N2CCC(=Cc3cccc4c3C(F)(F)CN(C(=O)OCc3ccccc3)C4)CC2)c(F)c1. The smallest absolute Gasteiger partial charge is 0.410 e. The maximum absolute atomic E-state index is 15.4.